The maximum absolute atomic E-state index is 11.0. The quantitative estimate of drug-likeness (QED) is 0.562. The summed E-state index contributed by atoms with van der Waals surface area (Å²) >= 11 is 0. The molecule has 2 atom stereocenters. The van der Waals surface area contributed by atoms with Crippen LogP contribution in [0.25, 0.3) is 0 Å². The molecule has 4 nitrogen and oxygen atoms in total. The molecule has 1 fully saturated rings. The SMILES string of the molecule is CC/C=C(\N)C1NCCC1C(N)=O. The number of allylic oxidation sites excluding steroid dienone is 1. The molecule has 1 aliphatic rings. The Balaban J connectivity index is 2.68. The molecule has 5 N–H and O–H groups in total. The molecule has 4 heteroatoms. The maximum atomic E-state index is 11.0. The van der Waals surface area contributed by atoms with Crippen LogP contribution in [0, 0.1) is 5.92 Å². The number of hydrogen-bond acceptors (Lipinski definition) is 3. The van der Waals surface area contributed by atoms with E-state index in [-0.39, 0.29) is 17.9 Å². The van der Waals surface area contributed by atoms with E-state index in [0.717, 1.165) is 25.1 Å². The highest BCUT2D eigenvalue weighted by molar-refractivity contribution is 5.78. The minimum atomic E-state index is -0.262. The van der Waals surface area contributed by atoms with Crippen LogP contribution in [-0.4, -0.2) is 18.5 Å². The molecule has 0 radical (unpaired) electrons. The van der Waals surface area contributed by atoms with Gasteiger partial charge in [-0.1, -0.05) is 13.0 Å². The molecular weight excluding hydrogens is 166 g/mol. The first-order chi connectivity index (χ1) is 6.16. The number of nitrogens with one attached hydrogen (secondary N) is 1. The Morgan fingerprint density at radius 1 is 1.62 bits per heavy atom. The molecule has 1 heterocycles. The minimum Gasteiger partial charge on any atom is -0.401 e. The Morgan fingerprint density at radius 2 is 2.31 bits per heavy atom. The first kappa shape index (κ1) is 10.1. The molecule has 13 heavy (non-hydrogen) atoms. The third kappa shape index (κ3) is 2.21. The summed E-state index contributed by atoms with van der Waals surface area (Å²) in [5, 5.41) is 3.18. The second kappa shape index (κ2) is 4.28. The lowest BCUT2D eigenvalue weighted by molar-refractivity contribution is -0.121. The number of primary amides is 1. The largest absolute Gasteiger partial charge is 0.401 e. The van der Waals surface area contributed by atoms with Crippen LogP contribution in [0.15, 0.2) is 11.8 Å². The zero-order chi connectivity index (χ0) is 9.84. The Bertz CT molecular complexity index is 225. The van der Waals surface area contributed by atoms with Crippen molar-refractivity contribution in [1.29, 1.82) is 0 Å². The number of nitrogens with two attached hydrogens (primary N) is 2. The molecule has 1 rings (SSSR count). The van der Waals surface area contributed by atoms with Crippen LogP contribution >= 0.6 is 0 Å². The summed E-state index contributed by atoms with van der Waals surface area (Å²) in [7, 11) is 0. The first-order valence-electron chi connectivity index (χ1n) is 4.65. The molecular formula is C9H17N3O. The van der Waals surface area contributed by atoms with Gasteiger partial charge in [-0.3, -0.25) is 4.79 Å². The Labute approximate surface area is 78.4 Å². The minimum absolute atomic E-state index is 0.0440. The van der Waals surface area contributed by atoms with Crippen molar-refractivity contribution in [3.63, 3.8) is 0 Å². The van der Waals surface area contributed by atoms with E-state index in [0.29, 0.717) is 0 Å². The summed E-state index contributed by atoms with van der Waals surface area (Å²) in [6.45, 7) is 2.83. The molecule has 74 valence electrons. The molecule has 0 aliphatic carbocycles. The lowest BCUT2D eigenvalue weighted by Gasteiger charge is -2.16. The fourth-order valence-electron chi connectivity index (χ4n) is 1.72. The standard InChI is InChI=1S/C9H17N3O/c1-2-3-7(10)8-6(9(11)13)4-5-12-8/h3,6,8,12H,2,4-5,10H2,1H3,(H2,11,13)/b7-3-. The normalized spacial score (nSPS) is 29.2. The van der Waals surface area contributed by atoms with Crippen LogP contribution in [0.2, 0.25) is 0 Å². The third-order valence-electron chi connectivity index (χ3n) is 2.39. The fourth-order valence-corrected chi connectivity index (χ4v) is 1.72. The topological polar surface area (TPSA) is 81.1 Å². The van der Waals surface area contributed by atoms with Gasteiger partial charge < -0.3 is 16.8 Å². The second-order valence-electron chi connectivity index (χ2n) is 3.34. The van der Waals surface area contributed by atoms with Crippen molar-refractivity contribution >= 4 is 5.91 Å². The summed E-state index contributed by atoms with van der Waals surface area (Å²) < 4.78 is 0. The van der Waals surface area contributed by atoms with Crippen LogP contribution < -0.4 is 16.8 Å². The maximum Gasteiger partial charge on any atom is 0.222 e. The third-order valence-corrected chi connectivity index (χ3v) is 2.39. The Morgan fingerprint density at radius 3 is 2.85 bits per heavy atom. The van der Waals surface area contributed by atoms with E-state index in [1.54, 1.807) is 0 Å². The molecule has 2 unspecified atom stereocenters. The van der Waals surface area contributed by atoms with Gasteiger partial charge in [-0.05, 0) is 19.4 Å². The van der Waals surface area contributed by atoms with Gasteiger partial charge in [-0.15, -0.1) is 0 Å². The van der Waals surface area contributed by atoms with Gasteiger partial charge in [-0.25, -0.2) is 0 Å². The smallest absolute Gasteiger partial charge is 0.222 e. The highest BCUT2D eigenvalue weighted by Crippen LogP contribution is 2.18. The predicted molar refractivity (Wildman–Crippen MR) is 51.7 cm³/mol. The summed E-state index contributed by atoms with van der Waals surface area (Å²) in [5.41, 5.74) is 11.8. The summed E-state index contributed by atoms with van der Waals surface area (Å²) in [5.74, 6) is -0.398. The van der Waals surface area contributed by atoms with Crippen molar-refractivity contribution in [2.24, 2.45) is 17.4 Å². The summed E-state index contributed by atoms with van der Waals surface area (Å²) in [6, 6.07) is -0.0440. The Kier molecular flexibility index (Phi) is 3.31. The van der Waals surface area contributed by atoms with Crippen molar-refractivity contribution < 1.29 is 4.79 Å². The van der Waals surface area contributed by atoms with Gasteiger partial charge in [0.1, 0.15) is 0 Å². The van der Waals surface area contributed by atoms with E-state index in [9.17, 15) is 4.79 Å². The molecule has 0 aromatic heterocycles. The van der Waals surface area contributed by atoms with Gasteiger partial charge in [-0.2, -0.15) is 0 Å². The number of carbonyl (C=O) groups excluding carboxylic acids is 1. The average molecular weight is 183 g/mol. The fraction of sp³-hybridized carbons (Fsp3) is 0.667. The van der Waals surface area contributed by atoms with E-state index in [1.807, 2.05) is 13.0 Å². The van der Waals surface area contributed by atoms with Crippen LogP contribution in [0.1, 0.15) is 19.8 Å². The monoisotopic (exact) mass is 183 g/mol. The highest BCUT2D eigenvalue weighted by atomic mass is 16.1. The van der Waals surface area contributed by atoms with Crippen molar-refractivity contribution in [1.82, 2.24) is 5.32 Å². The van der Waals surface area contributed by atoms with Crippen molar-refractivity contribution in [3.05, 3.63) is 11.8 Å². The van der Waals surface area contributed by atoms with Crippen LogP contribution in [-0.2, 0) is 4.79 Å². The van der Waals surface area contributed by atoms with Gasteiger partial charge in [0.15, 0.2) is 0 Å². The second-order valence-corrected chi connectivity index (χ2v) is 3.34. The van der Waals surface area contributed by atoms with E-state index < -0.39 is 0 Å². The van der Waals surface area contributed by atoms with Crippen molar-refractivity contribution in [2.75, 3.05) is 6.54 Å². The molecule has 1 amide bonds. The van der Waals surface area contributed by atoms with Crippen molar-refractivity contribution in [2.45, 2.75) is 25.8 Å². The molecule has 0 bridgehead atoms. The molecule has 0 aromatic rings. The van der Waals surface area contributed by atoms with Crippen LogP contribution in [0.5, 0.6) is 0 Å². The molecule has 0 saturated carbocycles. The van der Waals surface area contributed by atoms with E-state index in [1.165, 1.54) is 0 Å². The zero-order valence-electron chi connectivity index (χ0n) is 7.92. The Hall–Kier alpha value is -1.03. The van der Waals surface area contributed by atoms with E-state index >= 15 is 0 Å². The van der Waals surface area contributed by atoms with Crippen LogP contribution in [0.4, 0.5) is 0 Å². The molecule has 0 aromatic carbocycles. The lowest BCUT2D eigenvalue weighted by Crippen LogP contribution is -2.39. The summed E-state index contributed by atoms with van der Waals surface area (Å²) in [6.07, 6.45) is 3.60. The van der Waals surface area contributed by atoms with Crippen LogP contribution in [0.3, 0.4) is 0 Å². The predicted octanol–water partition coefficient (Wildman–Crippen LogP) is -0.298. The number of carbonyl (C=O) groups is 1. The van der Waals surface area contributed by atoms with Gasteiger partial charge in [0, 0.05) is 5.70 Å². The first-order valence-corrected chi connectivity index (χ1v) is 4.65. The highest BCUT2D eigenvalue weighted by Gasteiger charge is 2.32. The van der Waals surface area contributed by atoms with E-state index in [2.05, 4.69) is 5.32 Å². The van der Waals surface area contributed by atoms with Gasteiger partial charge in [0.05, 0.1) is 12.0 Å². The molecule has 1 saturated heterocycles. The number of rotatable bonds is 3. The average Bonchev–Trinajstić information content (AvgIpc) is 2.52. The molecule has 0 spiro atoms. The number of hydrogen-bond donors (Lipinski definition) is 3. The van der Waals surface area contributed by atoms with Gasteiger partial charge in [0.2, 0.25) is 5.91 Å². The van der Waals surface area contributed by atoms with Gasteiger partial charge >= 0.3 is 0 Å². The van der Waals surface area contributed by atoms with Gasteiger partial charge in [0.25, 0.3) is 0 Å². The number of amides is 1. The summed E-state index contributed by atoms with van der Waals surface area (Å²) in [4.78, 5) is 11.0. The molecule has 1 aliphatic heterocycles. The lowest BCUT2D eigenvalue weighted by atomic mass is 9.97. The zero-order valence-corrected chi connectivity index (χ0v) is 7.92. The van der Waals surface area contributed by atoms with Crippen molar-refractivity contribution in [3.8, 4) is 0 Å². The van der Waals surface area contributed by atoms with E-state index in [4.69, 9.17) is 11.5 Å².